The average molecular weight is 203 g/mol. The van der Waals surface area contributed by atoms with Crippen molar-refractivity contribution in [3.8, 4) is 0 Å². The molecule has 0 spiro atoms. The summed E-state index contributed by atoms with van der Waals surface area (Å²) in [4.78, 5) is 6.33. The Morgan fingerprint density at radius 1 is 1.40 bits per heavy atom. The summed E-state index contributed by atoms with van der Waals surface area (Å²) < 4.78 is 2.30. The second-order valence-corrected chi connectivity index (χ2v) is 4.27. The van der Waals surface area contributed by atoms with Gasteiger partial charge in [0.2, 0.25) is 0 Å². The molecule has 3 nitrogen and oxygen atoms in total. The van der Waals surface area contributed by atoms with Crippen LogP contribution in [0.3, 0.4) is 0 Å². The number of hydrogen-bond acceptors (Lipinski definition) is 2. The predicted molar refractivity (Wildman–Crippen MR) is 63.0 cm³/mol. The van der Waals surface area contributed by atoms with E-state index in [0.29, 0.717) is 6.04 Å². The topological polar surface area (TPSA) is 21.1 Å². The molecule has 0 saturated carbocycles. The van der Waals surface area contributed by atoms with Gasteiger partial charge < -0.3 is 9.47 Å². The van der Waals surface area contributed by atoms with Gasteiger partial charge in [0.25, 0.3) is 0 Å². The normalized spacial score (nSPS) is 13.6. The maximum Gasteiger partial charge on any atom is 0.0514 e. The van der Waals surface area contributed by atoms with Crippen LogP contribution in [0.4, 0.5) is 0 Å². The summed E-state index contributed by atoms with van der Waals surface area (Å²) in [5, 5.41) is 1.21. The van der Waals surface area contributed by atoms with Crippen LogP contribution in [0.25, 0.3) is 10.9 Å². The predicted octanol–water partition coefficient (Wildman–Crippen LogP) is 2.16. The van der Waals surface area contributed by atoms with Gasteiger partial charge >= 0.3 is 0 Å². The third-order valence-corrected chi connectivity index (χ3v) is 2.62. The zero-order valence-corrected chi connectivity index (χ0v) is 9.51. The standard InChI is InChI=1S/C12H17N3/c1-10(9-14(2)3)15-7-5-11-8-13-6-4-12(11)15/h4-8,10H,9H2,1-3H3. The molecule has 0 N–H and O–H groups in total. The summed E-state index contributed by atoms with van der Waals surface area (Å²) in [6, 6.07) is 4.68. The zero-order chi connectivity index (χ0) is 10.8. The van der Waals surface area contributed by atoms with Gasteiger partial charge in [0.05, 0.1) is 5.52 Å². The minimum absolute atomic E-state index is 0.486. The minimum atomic E-state index is 0.486. The van der Waals surface area contributed by atoms with Crippen LogP contribution in [-0.2, 0) is 0 Å². The zero-order valence-electron chi connectivity index (χ0n) is 9.51. The lowest BCUT2D eigenvalue weighted by Crippen LogP contribution is -2.21. The summed E-state index contributed by atoms with van der Waals surface area (Å²) in [6.45, 7) is 3.28. The molecule has 2 rings (SSSR count). The fraction of sp³-hybridized carbons (Fsp3) is 0.417. The van der Waals surface area contributed by atoms with E-state index < -0.39 is 0 Å². The Kier molecular flexibility index (Phi) is 2.73. The van der Waals surface area contributed by atoms with E-state index in [-0.39, 0.29) is 0 Å². The van der Waals surface area contributed by atoms with Crippen LogP contribution in [0.1, 0.15) is 13.0 Å². The smallest absolute Gasteiger partial charge is 0.0514 e. The fourth-order valence-corrected chi connectivity index (χ4v) is 2.00. The highest BCUT2D eigenvalue weighted by Gasteiger charge is 2.08. The molecule has 0 amide bonds. The van der Waals surface area contributed by atoms with E-state index in [4.69, 9.17) is 0 Å². The first-order valence-electron chi connectivity index (χ1n) is 5.24. The average Bonchev–Trinajstić information content (AvgIpc) is 2.59. The quantitative estimate of drug-likeness (QED) is 0.762. The Hall–Kier alpha value is -1.35. The van der Waals surface area contributed by atoms with Gasteiger partial charge in [-0.25, -0.2) is 0 Å². The minimum Gasteiger partial charge on any atom is -0.343 e. The van der Waals surface area contributed by atoms with Crippen molar-refractivity contribution in [2.75, 3.05) is 20.6 Å². The van der Waals surface area contributed by atoms with Crippen molar-refractivity contribution in [1.29, 1.82) is 0 Å². The summed E-state index contributed by atoms with van der Waals surface area (Å²) in [7, 11) is 4.20. The summed E-state index contributed by atoms with van der Waals surface area (Å²) in [5.74, 6) is 0. The molecule has 15 heavy (non-hydrogen) atoms. The number of fused-ring (bicyclic) bond motifs is 1. The largest absolute Gasteiger partial charge is 0.343 e. The molecule has 1 atom stereocenters. The van der Waals surface area contributed by atoms with Crippen molar-refractivity contribution >= 4 is 10.9 Å². The number of nitrogens with zero attached hydrogens (tertiary/aromatic N) is 3. The Bertz CT molecular complexity index is 445. The highest BCUT2D eigenvalue weighted by atomic mass is 15.1. The van der Waals surface area contributed by atoms with E-state index in [9.17, 15) is 0 Å². The number of likely N-dealkylation sites (N-methyl/N-ethyl adjacent to an activating group) is 1. The molecule has 0 aliphatic rings. The molecule has 0 bridgehead atoms. The summed E-state index contributed by atoms with van der Waals surface area (Å²) in [6.07, 6.45) is 5.90. The van der Waals surface area contributed by atoms with Gasteiger partial charge in [0.1, 0.15) is 0 Å². The molecule has 2 aromatic rings. The van der Waals surface area contributed by atoms with Crippen LogP contribution in [-0.4, -0.2) is 35.1 Å². The first-order valence-corrected chi connectivity index (χ1v) is 5.24. The van der Waals surface area contributed by atoms with Crippen LogP contribution in [0, 0.1) is 0 Å². The fourth-order valence-electron chi connectivity index (χ4n) is 2.00. The van der Waals surface area contributed by atoms with Crippen LogP contribution in [0.2, 0.25) is 0 Å². The molecule has 2 aromatic heterocycles. The molecule has 0 aromatic carbocycles. The third kappa shape index (κ3) is 2.02. The molecule has 0 aliphatic carbocycles. The third-order valence-electron chi connectivity index (χ3n) is 2.62. The number of pyridine rings is 1. The summed E-state index contributed by atoms with van der Waals surface area (Å²) >= 11 is 0. The Balaban J connectivity index is 2.35. The van der Waals surface area contributed by atoms with Gasteiger partial charge in [-0.15, -0.1) is 0 Å². The summed E-state index contributed by atoms with van der Waals surface area (Å²) in [5.41, 5.74) is 1.26. The van der Waals surface area contributed by atoms with E-state index in [1.807, 2.05) is 12.4 Å². The molecule has 0 saturated heterocycles. The van der Waals surface area contributed by atoms with E-state index >= 15 is 0 Å². The second-order valence-electron chi connectivity index (χ2n) is 4.27. The monoisotopic (exact) mass is 203 g/mol. The van der Waals surface area contributed by atoms with Crippen molar-refractivity contribution < 1.29 is 0 Å². The lowest BCUT2D eigenvalue weighted by molar-refractivity contribution is 0.341. The van der Waals surface area contributed by atoms with Crippen molar-refractivity contribution in [3.63, 3.8) is 0 Å². The van der Waals surface area contributed by atoms with Gasteiger partial charge in [-0.2, -0.15) is 0 Å². The van der Waals surface area contributed by atoms with Crippen LogP contribution in [0.15, 0.2) is 30.7 Å². The van der Waals surface area contributed by atoms with Gasteiger partial charge in [0, 0.05) is 36.6 Å². The Morgan fingerprint density at radius 2 is 2.20 bits per heavy atom. The van der Waals surface area contributed by atoms with Crippen molar-refractivity contribution in [2.45, 2.75) is 13.0 Å². The molecule has 0 radical (unpaired) electrons. The molecular weight excluding hydrogens is 186 g/mol. The van der Waals surface area contributed by atoms with Gasteiger partial charge in [-0.1, -0.05) is 0 Å². The van der Waals surface area contributed by atoms with E-state index in [1.165, 1.54) is 10.9 Å². The van der Waals surface area contributed by atoms with E-state index in [1.54, 1.807) is 0 Å². The first-order chi connectivity index (χ1) is 7.18. The highest BCUT2D eigenvalue weighted by molar-refractivity contribution is 5.78. The van der Waals surface area contributed by atoms with Crippen LogP contribution >= 0.6 is 0 Å². The molecule has 0 aliphatic heterocycles. The lowest BCUT2D eigenvalue weighted by atomic mass is 10.3. The first kappa shape index (κ1) is 10.2. The number of hydrogen-bond donors (Lipinski definition) is 0. The molecule has 2 heterocycles. The Morgan fingerprint density at radius 3 is 2.93 bits per heavy atom. The Labute approximate surface area is 90.3 Å². The second kappa shape index (κ2) is 4.03. The van der Waals surface area contributed by atoms with Crippen molar-refractivity contribution in [1.82, 2.24) is 14.5 Å². The number of aromatic nitrogens is 2. The molecule has 80 valence electrons. The maximum absolute atomic E-state index is 4.12. The molecule has 1 unspecified atom stereocenters. The van der Waals surface area contributed by atoms with Gasteiger partial charge in [-0.3, -0.25) is 4.98 Å². The van der Waals surface area contributed by atoms with Crippen LogP contribution in [0.5, 0.6) is 0 Å². The lowest BCUT2D eigenvalue weighted by Gasteiger charge is -2.19. The molecule has 0 fully saturated rings. The molecular formula is C12H17N3. The van der Waals surface area contributed by atoms with E-state index in [0.717, 1.165) is 6.54 Å². The van der Waals surface area contributed by atoms with Gasteiger partial charge in [0.15, 0.2) is 0 Å². The van der Waals surface area contributed by atoms with Crippen molar-refractivity contribution in [2.24, 2.45) is 0 Å². The highest BCUT2D eigenvalue weighted by Crippen LogP contribution is 2.18. The maximum atomic E-state index is 4.12. The SMILES string of the molecule is CC(CN(C)C)n1ccc2cnccc21. The van der Waals surface area contributed by atoms with E-state index in [2.05, 4.69) is 53.8 Å². The van der Waals surface area contributed by atoms with Crippen molar-refractivity contribution in [3.05, 3.63) is 30.7 Å². The molecule has 3 heteroatoms. The van der Waals surface area contributed by atoms with Crippen LogP contribution < -0.4 is 0 Å². The number of rotatable bonds is 3. The van der Waals surface area contributed by atoms with Gasteiger partial charge in [-0.05, 0) is 33.2 Å².